The highest BCUT2D eigenvalue weighted by Gasteiger charge is 2.41. The van der Waals surface area contributed by atoms with Gasteiger partial charge in [0.05, 0.1) is 23.7 Å². The minimum absolute atomic E-state index is 0.253. The second-order valence-corrected chi connectivity index (χ2v) is 6.08. The molecule has 5 heteroatoms. The molecule has 2 rings (SSSR count). The van der Waals surface area contributed by atoms with Gasteiger partial charge in [-0.25, -0.2) is 0 Å². The van der Waals surface area contributed by atoms with Gasteiger partial charge in [-0.3, -0.25) is 4.21 Å². The first-order valence-electron chi connectivity index (χ1n) is 5.49. The summed E-state index contributed by atoms with van der Waals surface area (Å²) in [5, 5.41) is 9.49. The molecule has 94 valence electrons. The predicted molar refractivity (Wildman–Crippen MR) is 68.5 cm³/mol. The van der Waals surface area contributed by atoms with E-state index in [9.17, 15) is 9.32 Å². The number of aliphatic hydroxyl groups excluding tert-OH is 1. The van der Waals surface area contributed by atoms with E-state index in [0.717, 1.165) is 5.56 Å². The monoisotopic (exact) mass is 274 g/mol. The van der Waals surface area contributed by atoms with Crippen LogP contribution < -0.4 is 0 Å². The summed E-state index contributed by atoms with van der Waals surface area (Å²) in [7, 11) is -1.09. The third-order valence-corrected chi connectivity index (χ3v) is 5.15. The van der Waals surface area contributed by atoms with E-state index in [1.165, 1.54) is 0 Å². The first-order valence-corrected chi connectivity index (χ1v) is 7.40. The van der Waals surface area contributed by atoms with E-state index >= 15 is 0 Å². The fourth-order valence-corrected chi connectivity index (χ4v) is 4.00. The number of hydrogen-bond acceptors (Lipinski definition) is 3. The minimum atomic E-state index is -1.09. The number of halogens is 1. The Morgan fingerprint density at radius 2 is 2.12 bits per heavy atom. The average molecular weight is 275 g/mol. The van der Waals surface area contributed by atoms with E-state index in [1.54, 1.807) is 0 Å². The summed E-state index contributed by atoms with van der Waals surface area (Å²) in [5.74, 6) is 0.514. The molecule has 1 N–H and O–H groups in total. The van der Waals surface area contributed by atoms with Crippen LogP contribution in [0.3, 0.4) is 0 Å². The van der Waals surface area contributed by atoms with E-state index in [2.05, 4.69) is 0 Å². The number of alkyl halides is 1. The molecule has 1 aromatic carbocycles. The number of rotatable bonds is 4. The zero-order valence-electron chi connectivity index (χ0n) is 9.29. The summed E-state index contributed by atoms with van der Waals surface area (Å²) in [6.45, 7) is 0.410. The van der Waals surface area contributed by atoms with E-state index in [1.807, 2.05) is 30.3 Å². The van der Waals surface area contributed by atoms with Crippen LogP contribution in [0.15, 0.2) is 30.3 Å². The normalized spacial score (nSPS) is 32.8. The van der Waals surface area contributed by atoms with Gasteiger partial charge in [0.1, 0.15) is 6.10 Å². The maximum atomic E-state index is 11.6. The minimum Gasteiger partial charge on any atom is -0.389 e. The molecule has 1 aliphatic rings. The fraction of sp³-hybridized carbons (Fsp3) is 0.500. The van der Waals surface area contributed by atoms with Crippen LogP contribution in [0, 0.1) is 0 Å². The standard InChI is InChI=1S/C12H15ClO3S/c13-6-11-12(10(14)8-17(11)15)16-7-9-4-2-1-3-5-9/h1-5,10-12,14H,6-8H2/t10-,11+,12-,17-/m0/s1. The Kier molecular flexibility index (Phi) is 4.56. The molecule has 17 heavy (non-hydrogen) atoms. The van der Waals surface area contributed by atoms with Crippen LogP contribution in [0.1, 0.15) is 5.56 Å². The third-order valence-electron chi connectivity index (χ3n) is 2.86. The van der Waals surface area contributed by atoms with Crippen LogP contribution in [0.2, 0.25) is 0 Å². The molecule has 0 aromatic heterocycles. The Balaban J connectivity index is 1.96. The number of hydrogen-bond donors (Lipinski definition) is 1. The van der Waals surface area contributed by atoms with Gasteiger partial charge in [0.25, 0.3) is 0 Å². The molecule has 1 heterocycles. The van der Waals surface area contributed by atoms with Gasteiger partial charge in [0, 0.05) is 16.7 Å². The van der Waals surface area contributed by atoms with Gasteiger partial charge in [-0.05, 0) is 5.56 Å². The Morgan fingerprint density at radius 3 is 2.76 bits per heavy atom. The smallest absolute Gasteiger partial charge is 0.100 e. The fourth-order valence-electron chi connectivity index (χ4n) is 1.93. The second kappa shape index (κ2) is 5.96. The topological polar surface area (TPSA) is 46.5 Å². The molecule has 0 amide bonds. The SMILES string of the molecule is O=[S@]1C[C@H](O)[C@H](OCc2ccccc2)[C@H]1CCl. The molecule has 0 saturated carbocycles. The Morgan fingerprint density at radius 1 is 1.41 bits per heavy atom. The van der Waals surface area contributed by atoms with Gasteiger partial charge in [0.2, 0.25) is 0 Å². The Labute approximate surface area is 108 Å². The molecule has 0 bridgehead atoms. The summed E-state index contributed by atoms with van der Waals surface area (Å²) in [6.07, 6.45) is -1.10. The lowest BCUT2D eigenvalue weighted by Gasteiger charge is -2.19. The summed E-state index contributed by atoms with van der Waals surface area (Å²) < 4.78 is 17.3. The number of aliphatic hydroxyl groups is 1. The molecule has 4 atom stereocenters. The van der Waals surface area contributed by atoms with Crippen LogP contribution in [-0.2, 0) is 22.1 Å². The summed E-state index contributed by atoms with van der Waals surface area (Å²) in [6, 6.07) is 9.70. The van der Waals surface area contributed by atoms with Crippen molar-refractivity contribution in [2.24, 2.45) is 0 Å². The van der Waals surface area contributed by atoms with Crippen molar-refractivity contribution in [2.75, 3.05) is 11.6 Å². The van der Waals surface area contributed by atoms with Crippen LogP contribution >= 0.6 is 11.6 Å². The quantitative estimate of drug-likeness (QED) is 0.842. The lowest BCUT2D eigenvalue weighted by atomic mass is 10.1. The van der Waals surface area contributed by atoms with Gasteiger partial charge < -0.3 is 9.84 Å². The average Bonchev–Trinajstić information content (AvgIpc) is 2.62. The Bertz CT molecular complexity index is 385. The van der Waals surface area contributed by atoms with Gasteiger partial charge in [-0.2, -0.15) is 0 Å². The molecule has 1 aromatic rings. The Hall–Kier alpha value is -0.420. The highest BCUT2D eigenvalue weighted by atomic mass is 35.5. The van der Waals surface area contributed by atoms with E-state index < -0.39 is 23.0 Å². The van der Waals surface area contributed by atoms with Crippen molar-refractivity contribution in [3.8, 4) is 0 Å². The highest BCUT2D eigenvalue weighted by Crippen LogP contribution is 2.23. The molecule has 3 nitrogen and oxygen atoms in total. The molecule has 1 aliphatic heterocycles. The van der Waals surface area contributed by atoms with Crippen molar-refractivity contribution >= 4 is 22.4 Å². The summed E-state index contributed by atoms with van der Waals surface area (Å²) in [4.78, 5) is 0. The molecular weight excluding hydrogens is 260 g/mol. The van der Waals surface area contributed by atoms with Crippen molar-refractivity contribution in [2.45, 2.75) is 24.1 Å². The zero-order chi connectivity index (χ0) is 12.3. The largest absolute Gasteiger partial charge is 0.389 e. The predicted octanol–water partition coefficient (Wildman–Crippen LogP) is 1.30. The van der Waals surface area contributed by atoms with Gasteiger partial charge in [0.15, 0.2) is 0 Å². The van der Waals surface area contributed by atoms with Gasteiger partial charge in [-0.15, -0.1) is 11.6 Å². The lowest BCUT2D eigenvalue weighted by molar-refractivity contribution is -0.0275. The molecule has 0 unspecified atom stereocenters. The molecule has 0 radical (unpaired) electrons. The van der Waals surface area contributed by atoms with Crippen LogP contribution in [-0.4, -0.2) is 38.4 Å². The van der Waals surface area contributed by atoms with Crippen molar-refractivity contribution in [3.63, 3.8) is 0 Å². The number of ether oxygens (including phenoxy) is 1. The van der Waals surface area contributed by atoms with Crippen molar-refractivity contribution in [3.05, 3.63) is 35.9 Å². The van der Waals surface area contributed by atoms with E-state index in [4.69, 9.17) is 16.3 Å². The van der Waals surface area contributed by atoms with Crippen LogP contribution in [0.25, 0.3) is 0 Å². The third kappa shape index (κ3) is 3.07. The zero-order valence-corrected chi connectivity index (χ0v) is 10.9. The van der Waals surface area contributed by atoms with Crippen LogP contribution in [0.4, 0.5) is 0 Å². The maximum absolute atomic E-state index is 11.6. The van der Waals surface area contributed by atoms with E-state index in [0.29, 0.717) is 6.61 Å². The van der Waals surface area contributed by atoms with Crippen LogP contribution in [0.5, 0.6) is 0 Å². The first kappa shape index (κ1) is 13.0. The van der Waals surface area contributed by atoms with E-state index in [-0.39, 0.29) is 16.9 Å². The highest BCUT2D eigenvalue weighted by molar-refractivity contribution is 7.86. The lowest BCUT2D eigenvalue weighted by Crippen LogP contribution is -2.34. The molecule has 1 fully saturated rings. The van der Waals surface area contributed by atoms with Crippen molar-refractivity contribution in [1.29, 1.82) is 0 Å². The molecule has 0 aliphatic carbocycles. The van der Waals surface area contributed by atoms with Crippen molar-refractivity contribution < 1.29 is 14.1 Å². The molecular formula is C12H15ClO3S. The summed E-state index contributed by atoms with van der Waals surface area (Å²) >= 11 is 5.76. The van der Waals surface area contributed by atoms with Gasteiger partial charge >= 0.3 is 0 Å². The first-order chi connectivity index (χ1) is 8.22. The molecule has 0 spiro atoms. The maximum Gasteiger partial charge on any atom is 0.100 e. The van der Waals surface area contributed by atoms with Crippen molar-refractivity contribution in [1.82, 2.24) is 0 Å². The molecule has 1 saturated heterocycles. The van der Waals surface area contributed by atoms with Gasteiger partial charge in [-0.1, -0.05) is 30.3 Å². The second-order valence-electron chi connectivity index (χ2n) is 4.07. The number of benzene rings is 1. The summed E-state index contributed by atoms with van der Waals surface area (Å²) in [5.41, 5.74) is 1.03.